The molecule has 16 heavy (non-hydrogen) atoms. The molecule has 96 valence electrons. The molecule has 0 radical (unpaired) electrons. The lowest BCUT2D eigenvalue weighted by molar-refractivity contribution is -0.0602. The third-order valence-corrected chi connectivity index (χ3v) is 3.78. The van der Waals surface area contributed by atoms with Crippen LogP contribution in [0.15, 0.2) is 0 Å². The zero-order valence-electron chi connectivity index (χ0n) is 11.1. The smallest absolute Gasteiger partial charge is 0.0678 e. The van der Waals surface area contributed by atoms with Crippen molar-refractivity contribution < 1.29 is 4.74 Å². The molecule has 0 aromatic carbocycles. The highest BCUT2D eigenvalue weighted by Crippen LogP contribution is 2.07. The molecule has 3 nitrogen and oxygen atoms in total. The van der Waals surface area contributed by atoms with Gasteiger partial charge in [0, 0.05) is 37.7 Å². The number of morpholine rings is 1. The molecular formula is C12H26N2OS. The van der Waals surface area contributed by atoms with Crippen LogP contribution in [0.1, 0.15) is 13.8 Å². The molecule has 2 fully saturated rings. The van der Waals surface area contributed by atoms with Gasteiger partial charge in [-0.25, -0.2) is 0 Å². The van der Waals surface area contributed by atoms with E-state index in [0.29, 0.717) is 12.2 Å². The standard InChI is InChI=1S/C7H15NO.C5H11NS/c1-6-4-8(3)5-7(2)9-6;1-6-2-4-7-5-3-6/h6-7H,4-5H2,1-3H3;2-5H2,1H3/t6-,7+;. The SMILES string of the molecule is CN1CCSCC1.C[C@@H]1CN(C)C[C@H](C)O1. The highest BCUT2D eigenvalue weighted by molar-refractivity contribution is 7.99. The van der Waals surface area contributed by atoms with Crippen molar-refractivity contribution in [2.75, 3.05) is 51.8 Å². The molecule has 2 atom stereocenters. The molecule has 2 aliphatic heterocycles. The summed E-state index contributed by atoms with van der Waals surface area (Å²) in [5.41, 5.74) is 0. The Hall–Kier alpha value is 0.230. The Bertz CT molecular complexity index is 161. The Morgan fingerprint density at radius 2 is 1.44 bits per heavy atom. The van der Waals surface area contributed by atoms with Crippen LogP contribution in [0, 0.1) is 0 Å². The van der Waals surface area contributed by atoms with Crippen LogP contribution in [-0.4, -0.2) is 73.8 Å². The summed E-state index contributed by atoms with van der Waals surface area (Å²) >= 11 is 2.06. The van der Waals surface area contributed by atoms with Crippen LogP contribution in [-0.2, 0) is 4.74 Å². The van der Waals surface area contributed by atoms with Gasteiger partial charge >= 0.3 is 0 Å². The van der Waals surface area contributed by atoms with Crippen molar-refractivity contribution in [1.82, 2.24) is 9.80 Å². The molecule has 0 N–H and O–H groups in total. The Kier molecular flexibility index (Phi) is 6.73. The van der Waals surface area contributed by atoms with E-state index in [0.717, 1.165) is 13.1 Å². The van der Waals surface area contributed by atoms with E-state index in [1.54, 1.807) is 0 Å². The molecule has 4 heteroatoms. The predicted octanol–water partition coefficient (Wildman–Crippen LogP) is 1.39. The summed E-state index contributed by atoms with van der Waals surface area (Å²) in [5.74, 6) is 2.66. The normalized spacial score (nSPS) is 33.0. The van der Waals surface area contributed by atoms with Crippen molar-refractivity contribution in [3.05, 3.63) is 0 Å². The topological polar surface area (TPSA) is 15.7 Å². The summed E-state index contributed by atoms with van der Waals surface area (Å²) in [6, 6.07) is 0. The Labute approximate surface area is 105 Å². The van der Waals surface area contributed by atoms with E-state index in [-0.39, 0.29) is 0 Å². The first kappa shape index (κ1) is 14.3. The molecule has 2 heterocycles. The molecule has 0 unspecified atom stereocenters. The van der Waals surface area contributed by atoms with Crippen LogP contribution in [0.4, 0.5) is 0 Å². The second-order valence-electron chi connectivity index (χ2n) is 4.89. The van der Waals surface area contributed by atoms with E-state index >= 15 is 0 Å². The zero-order valence-corrected chi connectivity index (χ0v) is 11.9. The van der Waals surface area contributed by atoms with Gasteiger partial charge in [-0.3, -0.25) is 0 Å². The fourth-order valence-corrected chi connectivity index (χ4v) is 3.18. The lowest BCUT2D eigenvalue weighted by Gasteiger charge is -2.32. The highest BCUT2D eigenvalue weighted by Gasteiger charge is 2.18. The van der Waals surface area contributed by atoms with E-state index in [1.807, 2.05) is 0 Å². The van der Waals surface area contributed by atoms with Crippen LogP contribution in [0.25, 0.3) is 0 Å². The van der Waals surface area contributed by atoms with Gasteiger partial charge in [-0.2, -0.15) is 11.8 Å². The summed E-state index contributed by atoms with van der Waals surface area (Å²) < 4.78 is 5.51. The lowest BCUT2D eigenvalue weighted by Crippen LogP contribution is -2.42. The molecule has 0 aromatic rings. The molecule has 0 bridgehead atoms. The molecule has 0 spiro atoms. The third kappa shape index (κ3) is 6.09. The lowest BCUT2D eigenvalue weighted by atomic mass is 10.2. The maximum absolute atomic E-state index is 5.51. The number of nitrogens with zero attached hydrogens (tertiary/aromatic N) is 2. The van der Waals surface area contributed by atoms with Gasteiger partial charge in [0.25, 0.3) is 0 Å². The van der Waals surface area contributed by atoms with Gasteiger partial charge < -0.3 is 14.5 Å². The largest absolute Gasteiger partial charge is 0.373 e. The maximum Gasteiger partial charge on any atom is 0.0678 e. The van der Waals surface area contributed by atoms with Crippen molar-refractivity contribution in [3.63, 3.8) is 0 Å². The second-order valence-corrected chi connectivity index (χ2v) is 6.12. The van der Waals surface area contributed by atoms with E-state index in [1.165, 1.54) is 24.6 Å². The van der Waals surface area contributed by atoms with Gasteiger partial charge in [0.2, 0.25) is 0 Å². The number of rotatable bonds is 0. The first-order valence-electron chi connectivity index (χ1n) is 6.18. The second kappa shape index (κ2) is 7.54. The van der Waals surface area contributed by atoms with Crippen molar-refractivity contribution in [2.24, 2.45) is 0 Å². The molecular weight excluding hydrogens is 220 g/mol. The quantitative estimate of drug-likeness (QED) is 0.641. The van der Waals surface area contributed by atoms with E-state index < -0.39 is 0 Å². The summed E-state index contributed by atoms with van der Waals surface area (Å²) in [6.07, 6.45) is 0.831. The van der Waals surface area contributed by atoms with Crippen LogP contribution >= 0.6 is 11.8 Å². The fourth-order valence-electron chi connectivity index (χ4n) is 2.09. The zero-order chi connectivity index (χ0) is 12.0. The molecule has 0 aliphatic carbocycles. The monoisotopic (exact) mass is 246 g/mol. The van der Waals surface area contributed by atoms with Crippen LogP contribution < -0.4 is 0 Å². The maximum atomic E-state index is 5.51. The molecule has 2 saturated heterocycles. The van der Waals surface area contributed by atoms with Crippen LogP contribution in [0.2, 0.25) is 0 Å². The molecule has 2 aliphatic rings. The molecule has 0 amide bonds. The Balaban J connectivity index is 0.000000165. The predicted molar refractivity (Wildman–Crippen MR) is 72.3 cm³/mol. The van der Waals surface area contributed by atoms with Gasteiger partial charge in [-0.05, 0) is 27.9 Å². The average molecular weight is 246 g/mol. The summed E-state index contributed by atoms with van der Waals surface area (Å²) in [5, 5.41) is 0. The minimum absolute atomic E-state index is 0.416. The Morgan fingerprint density at radius 1 is 0.938 bits per heavy atom. The number of thioether (sulfide) groups is 1. The van der Waals surface area contributed by atoms with E-state index in [2.05, 4.69) is 49.5 Å². The Morgan fingerprint density at radius 3 is 1.75 bits per heavy atom. The number of likely N-dealkylation sites (N-methyl/N-ethyl adjacent to an activating group) is 1. The minimum atomic E-state index is 0.416. The average Bonchev–Trinajstić information content (AvgIpc) is 2.17. The van der Waals surface area contributed by atoms with Gasteiger partial charge in [0.15, 0.2) is 0 Å². The number of ether oxygens (including phenoxy) is 1. The van der Waals surface area contributed by atoms with Crippen molar-refractivity contribution in [1.29, 1.82) is 0 Å². The van der Waals surface area contributed by atoms with Gasteiger partial charge in [-0.1, -0.05) is 0 Å². The summed E-state index contributed by atoms with van der Waals surface area (Å²) in [7, 11) is 4.31. The first-order chi connectivity index (χ1) is 7.58. The number of hydrogen-bond acceptors (Lipinski definition) is 4. The fraction of sp³-hybridized carbons (Fsp3) is 1.00. The summed E-state index contributed by atoms with van der Waals surface area (Å²) in [6.45, 7) is 8.95. The van der Waals surface area contributed by atoms with Gasteiger partial charge in [-0.15, -0.1) is 0 Å². The van der Waals surface area contributed by atoms with Crippen molar-refractivity contribution in [2.45, 2.75) is 26.1 Å². The molecule has 2 rings (SSSR count). The first-order valence-corrected chi connectivity index (χ1v) is 7.33. The molecule has 0 saturated carbocycles. The van der Waals surface area contributed by atoms with Crippen LogP contribution in [0.3, 0.4) is 0 Å². The van der Waals surface area contributed by atoms with Gasteiger partial charge in [0.1, 0.15) is 0 Å². The number of hydrogen-bond donors (Lipinski definition) is 0. The van der Waals surface area contributed by atoms with Gasteiger partial charge in [0.05, 0.1) is 12.2 Å². The summed E-state index contributed by atoms with van der Waals surface area (Å²) in [4.78, 5) is 4.68. The van der Waals surface area contributed by atoms with E-state index in [9.17, 15) is 0 Å². The van der Waals surface area contributed by atoms with Crippen molar-refractivity contribution in [3.8, 4) is 0 Å². The van der Waals surface area contributed by atoms with Crippen molar-refractivity contribution >= 4 is 11.8 Å². The highest BCUT2D eigenvalue weighted by atomic mass is 32.2. The third-order valence-electron chi connectivity index (χ3n) is 2.84. The van der Waals surface area contributed by atoms with E-state index in [4.69, 9.17) is 4.74 Å². The molecule has 0 aromatic heterocycles. The van der Waals surface area contributed by atoms with Crippen LogP contribution in [0.5, 0.6) is 0 Å². The minimum Gasteiger partial charge on any atom is -0.373 e.